The van der Waals surface area contributed by atoms with Crippen molar-refractivity contribution in [3.63, 3.8) is 0 Å². The van der Waals surface area contributed by atoms with Crippen LogP contribution in [0, 0.1) is 13.8 Å². The van der Waals surface area contributed by atoms with E-state index < -0.39 is 0 Å². The third-order valence-corrected chi connectivity index (χ3v) is 4.16. The molecule has 1 aromatic carbocycles. The average molecular weight is 297 g/mol. The summed E-state index contributed by atoms with van der Waals surface area (Å²) in [6, 6.07) is 6.80. The Balaban J connectivity index is 1.71. The summed E-state index contributed by atoms with van der Waals surface area (Å²) >= 11 is 0. The molecule has 0 atom stereocenters. The van der Waals surface area contributed by atoms with Gasteiger partial charge in [-0.3, -0.25) is 0 Å². The lowest BCUT2D eigenvalue weighted by molar-refractivity contribution is 0.461. The van der Waals surface area contributed by atoms with Gasteiger partial charge in [0, 0.05) is 11.7 Å². The molecule has 0 amide bonds. The van der Waals surface area contributed by atoms with Crippen LogP contribution in [-0.4, -0.2) is 21.2 Å². The van der Waals surface area contributed by atoms with Gasteiger partial charge in [0.1, 0.15) is 0 Å². The van der Waals surface area contributed by atoms with Crippen molar-refractivity contribution >= 4 is 17.5 Å². The number of rotatable bonds is 4. The largest absolute Gasteiger partial charge is 0.366 e. The van der Waals surface area contributed by atoms with E-state index in [2.05, 4.69) is 57.9 Å². The molecular weight excluding hydrogens is 274 g/mol. The number of nitrogens with one attached hydrogen (secondary N) is 2. The fraction of sp³-hybridized carbons (Fsp3) is 0.471. The first-order chi connectivity index (χ1) is 10.7. The highest BCUT2D eigenvalue weighted by Crippen LogP contribution is 2.22. The second-order valence-corrected chi connectivity index (χ2v) is 6.09. The summed E-state index contributed by atoms with van der Waals surface area (Å²) in [6.07, 6.45) is 8.06. The van der Waals surface area contributed by atoms with Crippen LogP contribution >= 0.6 is 0 Å². The molecule has 0 unspecified atom stereocenters. The first kappa shape index (κ1) is 14.8. The molecule has 2 aromatic rings. The maximum absolute atomic E-state index is 4.54. The molecule has 0 aliphatic heterocycles. The van der Waals surface area contributed by atoms with Crippen LogP contribution in [-0.2, 0) is 0 Å². The second kappa shape index (κ2) is 6.73. The van der Waals surface area contributed by atoms with Crippen molar-refractivity contribution in [2.75, 3.05) is 10.6 Å². The van der Waals surface area contributed by atoms with Gasteiger partial charge in [-0.15, -0.1) is 5.10 Å². The Morgan fingerprint density at radius 3 is 2.73 bits per heavy atom. The Hall–Kier alpha value is -2.17. The van der Waals surface area contributed by atoms with Crippen LogP contribution in [0.3, 0.4) is 0 Å². The van der Waals surface area contributed by atoms with Crippen molar-refractivity contribution in [3.05, 3.63) is 35.5 Å². The van der Waals surface area contributed by atoms with E-state index >= 15 is 0 Å². The Labute approximate surface area is 131 Å². The molecule has 0 saturated heterocycles. The molecule has 0 spiro atoms. The molecule has 1 aliphatic rings. The monoisotopic (exact) mass is 297 g/mol. The van der Waals surface area contributed by atoms with E-state index in [0.29, 0.717) is 12.0 Å². The fourth-order valence-corrected chi connectivity index (χ4v) is 2.87. The summed E-state index contributed by atoms with van der Waals surface area (Å²) < 4.78 is 0. The summed E-state index contributed by atoms with van der Waals surface area (Å²) in [5.41, 5.74) is 3.40. The molecular formula is C17H23N5. The first-order valence-electron chi connectivity index (χ1n) is 8.01. The maximum Gasteiger partial charge on any atom is 0.249 e. The number of anilines is 3. The zero-order valence-electron chi connectivity index (χ0n) is 13.3. The summed E-state index contributed by atoms with van der Waals surface area (Å²) in [4.78, 5) is 4.54. The topological polar surface area (TPSA) is 62.7 Å². The molecule has 1 fully saturated rings. The minimum absolute atomic E-state index is 0.513. The number of aryl methyl sites for hydroxylation is 2. The Morgan fingerprint density at radius 1 is 1.09 bits per heavy atom. The van der Waals surface area contributed by atoms with Gasteiger partial charge in [0.2, 0.25) is 5.95 Å². The second-order valence-electron chi connectivity index (χ2n) is 6.09. The van der Waals surface area contributed by atoms with Crippen molar-refractivity contribution in [1.29, 1.82) is 0 Å². The van der Waals surface area contributed by atoms with Crippen molar-refractivity contribution < 1.29 is 0 Å². The molecule has 1 saturated carbocycles. The quantitative estimate of drug-likeness (QED) is 0.894. The van der Waals surface area contributed by atoms with Crippen molar-refractivity contribution in [3.8, 4) is 0 Å². The first-order valence-corrected chi connectivity index (χ1v) is 8.01. The Kier molecular flexibility index (Phi) is 4.51. The maximum atomic E-state index is 4.54. The number of aromatic nitrogens is 3. The van der Waals surface area contributed by atoms with Gasteiger partial charge in [0.15, 0.2) is 5.82 Å². The van der Waals surface area contributed by atoms with Gasteiger partial charge >= 0.3 is 0 Å². The summed E-state index contributed by atoms with van der Waals surface area (Å²) in [5.74, 6) is 1.34. The molecule has 22 heavy (non-hydrogen) atoms. The molecule has 0 radical (unpaired) electrons. The molecule has 3 rings (SSSR count). The summed E-state index contributed by atoms with van der Waals surface area (Å²) in [7, 11) is 0. The molecule has 5 nitrogen and oxygen atoms in total. The number of hydrogen-bond donors (Lipinski definition) is 2. The van der Waals surface area contributed by atoms with Gasteiger partial charge in [-0.25, -0.2) is 0 Å². The molecule has 0 bridgehead atoms. The lowest BCUT2D eigenvalue weighted by Crippen LogP contribution is -2.23. The Bertz CT molecular complexity index is 635. The third kappa shape index (κ3) is 3.72. The van der Waals surface area contributed by atoms with Gasteiger partial charge in [-0.2, -0.15) is 10.1 Å². The standard InChI is InChI=1S/C17H23N5/c1-12-8-9-13(2)15(10-12)20-17-21-16(11-18-22-17)19-14-6-4-3-5-7-14/h8-11,14H,3-7H2,1-2H3,(H2,19,20,21,22). The molecule has 1 aromatic heterocycles. The number of benzene rings is 1. The SMILES string of the molecule is Cc1ccc(C)c(Nc2nncc(NC3CCCCC3)n2)c1. The van der Waals surface area contributed by atoms with E-state index in [-0.39, 0.29) is 0 Å². The lowest BCUT2D eigenvalue weighted by Gasteiger charge is -2.23. The van der Waals surface area contributed by atoms with Crippen molar-refractivity contribution in [1.82, 2.24) is 15.2 Å². The van der Waals surface area contributed by atoms with Gasteiger partial charge in [0.25, 0.3) is 0 Å². The normalized spacial score (nSPS) is 15.5. The molecule has 1 aliphatic carbocycles. The molecule has 1 heterocycles. The number of hydrogen-bond acceptors (Lipinski definition) is 5. The average Bonchev–Trinajstić information content (AvgIpc) is 2.52. The zero-order chi connectivity index (χ0) is 15.4. The van der Waals surface area contributed by atoms with E-state index in [4.69, 9.17) is 0 Å². The van der Waals surface area contributed by atoms with E-state index in [1.807, 2.05) is 0 Å². The van der Waals surface area contributed by atoms with Crippen LogP contribution in [0.5, 0.6) is 0 Å². The van der Waals surface area contributed by atoms with Crippen molar-refractivity contribution in [2.24, 2.45) is 0 Å². The highest BCUT2D eigenvalue weighted by molar-refractivity contribution is 5.59. The van der Waals surface area contributed by atoms with E-state index in [1.54, 1.807) is 6.20 Å². The highest BCUT2D eigenvalue weighted by atomic mass is 15.3. The third-order valence-electron chi connectivity index (χ3n) is 4.16. The zero-order valence-corrected chi connectivity index (χ0v) is 13.3. The van der Waals surface area contributed by atoms with Crippen LogP contribution in [0.4, 0.5) is 17.5 Å². The highest BCUT2D eigenvalue weighted by Gasteiger charge is 2.14. The van der Waals surface area contributed by atoms with Gasteiger partial charge in [-0.1, -0.05) is 31.4 Å². The minimum Gasteiger partial charge on any atom is -0.366 e. The fourth-order valence-electron chi connectivity index (χ4n) is 2.87. The predicted molar refractivity (Wildman–Crippen MR) is 89.5 cm³/mol. The van der Waals surface area contributed by atoms with Gasteiger partial charge < -0.3 is 10.6 Å². The molecule has 5 heteroatoms. The minimum atomic E-state index is 0.513. The smallest absolute Gasteiger partial charge is 0.249 e. The van der Waals surface area contributed by atoms with E-state index in [0.717, 1.165) is 11.5 Å². The van der Waals surface area contributed by atoms with Crippen LogP contribution in [0.25, 0.3) is 0 Å². The van der Waals surface area contributed by atoms with Crippen LogP contribution in [0.15, 0.2) is 24.4 Å². The Morgan fingerprint density at radius 2 is 1.91 bits per heavy atom. The summed E-state index contributed by atoms with van der Waals surface area (Å²) in [6.45, 7) is 4.14. The summed E-state index contributed by atoms with van der Waals surface area (Å²) in [5, 5.41) is 14.9. The van der Waals surface area contributed by atoms with Crippen molar-refractivity contribution in [2.45, 2.75) is 52.0 Å². The molecule has 2 N–H and O–H groups in total. The van der Waals surface area contributed by atoms with Gasteiger partial charge in [0.05, 0.1) is 6.20 Å². The van der Waals surface area contributed by atoms with Crippen LogP contribution < -0.4 is 10.6 Å². The van der Waals surface area contributed by atoms with Gasteiger partial charge in [-0.05, 0) is 43.9 Å². The van der Waals surface area contributed by atoms with E-state index in [1.165, 1.54) is 43.2 Å². The van der Waals surface area contributed by atoms with E-state index in [9.17, 15) is 0 Å². The van der Waals surface area contributed by atoms with Crippen LogP contribution in [0.2, 0.25) is 0 Å². The number of nitrogens with zero attached hydrogens (tertiary/aromatic N) is 3. The molecule has 116 valence electrons. The van der Waals surface area contributed by atoms with Crippen LogP contribution in [0.1, 0.15) is 43.2 Å². The lowest BCUT2D eigenvalue weighted by atomic mass is 9.96. The predicted octanol–water partition coefficient (Wildman–Crippen LogP) is 3.98.